The molecule has 0 aliphatic rings. The van der Waals surface area contributed by atoms with Crippen molar-refractivity contribution in [1.29, 1.82) is 0 Å². The average molecular weight is 469 g/mol. The first kappa shape index (κ1) is 24.8. The van der Waals surface area contributed by atoms with Crippen molar-refractivity contribution in [3.05, 3.63) is 64.9 Å². The van der Waals surface area contributed by atoms with Gasteiger partial charge in [-0.1, -0.05) is 68.7 Å². The Morgan fingerprint density at radius 1 is 1.00 bits per heavy atom. The zero-order valence-corrected chi connectivity index (χ0v) is 20.0. The molecule has 0 fully saturated rings. The van der Waals surface area contributed by atoms with Crippen molar-refractivity contribution in [3.63, 3.8) is 0 Å². The Morgan fingerprint density at radius 3 is 2.45 bits per heavy atom. The van der Waals surface area contributed by atoms with Gasteiger partial charge in [0.25, 0.3) is 0 Å². The number of phenols is 1. The normalized spacial score (nSPS) is 11.3. The molecule has 0 atom stereocenters. The summed E-state index contributed by atoms with van der Waals surface area (Å²) in [5.74, 6) is 0.664. The molecule has 0 saturated heterocycles. The summed E-state index contributed by atoms with van der Waals surface area (Å²) in [5.41, 5.74) is 2.13. The zero-order chi connectivity index (χ0) is 23.3. The predicted molar refractivity (Wildman–Crippen MR) is 134 cm³/mol. The molecule has 6 nitrogen and oxygen atoms in total. The number of rotatable bonds is 14. The summed E-state index contributed by atoms with van der Waals surface area (Å²) >= 11 is 5.88. The van der Waals surface area contributed by atoms with Crippen LogP contribution in [0, 0.1) is 0 Å². The summed E-state index contributed by atoms with van der Waals surface area (Å²) in [4.78, 5) is 4.35. The summed E-state index contributed by atoms with van der Waals surface area (Å²) in [6, 6.07) is 12.3. The lowest BCUT2D eigenvalue weighted by Gasteiger charge is -2.06. The Balaban J connectivity index is 1.40. The summed E-state index contributed by atoms with van der Waals surface area (Å²) in [7, 11) is 0. The molecule has 1 aromatic heterocycles. The lowest BCUT2D eigenvalue weighted by Crippen LogP contribution is -1.99. The Bertz CT molecular complexity index is 1000. The average Bonchev–Trinajstić information content (AvgIpc) is 3.27. The van der Waals surface area contributed by atoms with Crippen molar-refractivity contribution >= 4 is 23.5 Å². The molecule has 0 amide bonds. The van der Waals surface area contributed by atoms with Crippen LogP contribution in [0.15, 0.2) is 53.7 Å². The van der Waals surface area contributed by atoms with Gasteiger partial charge in [-0.2, -0.15) is 0 Å². The molecule has 33 heavy (non-hydrogen) atoms. The van der Waals surface area contributed by atoms with E-state index in [1.54, 1.807) is 36.5 Å². The topological polar surface area (TPSA) is 72.5 Å². The van der Waals surface area contributed by atoms with Gasteiger partial charge in [-0.15, -0.1) is 5.10 Å². The Hall–Kier alpha value is -2.86. The van der Waals surface area contributed by atoms with Crippen LogP contribution in [0.3, 0.4) is 0 Å². The SMILES string of the molecule is CCCCCCCCCCn1cc(COc2ccc(C=Nc3ccc(Cl)cc3)c(O)c2)nn1. The molecule has 0 aliphatic heterocycles. The van der Waals surface area contributed by atoms with Crippen molar-refractivity contribution in [3.8, 4) is 11.5 Å². The first-order valence-electron chi connectivity index (χ1n) is 11.8. The van der Waals surface area contributed by atoms with Crippen molar-refractivity contribution in [1.82, 2.24) is 15.0 Å². The van der Waals surface area contributed by atoms with Crippen LogP contribution in [-0.2, 0) is 13.2 Å². The van der Waals surface area contributed by atoms with E-state index in [0.29, 0.717) is 22.9 Å². The fraction of sp³-hybridized carbons (Fsp3) is 0.423. The largest absolute Gasteiger partial charge is 0.507 e. The first-order valence-corrected chi connectivity index (χ1v) is 12.2. The highest BCUT2D eigenvalue weighted by atomic mass is 35.5. The van der Waals surface area contributed by atoms with E-state index < -0.39 is 0 Å². The standard InChI is InChI=1S/C26H33ClN4O2/c1-2-3-4-5-6-7-8-9-16-31-19-24(29-30-31)20-33-25-15-10-21(26(32)17-25)18-28-23-13-11-22(27)12-14-23/h10-15,17-19,32H,2-9,16,20H2,1H3. The highest BCUT2D eigenvalue weighted by molar-refractivity contribution is 6.30. The maximum absolute atomic E-state index is 10.3. The molecule has 7 heteroatoms. The van der Waals surface area contributed by atoms with E-state index in [1.165, 1.54) is 44.9 Å². The number of hydrogen-bond donors (Lipinski definition) is 1. The van der Waals surface area contributed by atoms with Crippen LogP contribution in [0.25, 0.3) is 0 Å². The maximum atomic E-state index is 10.3. The minimum absolute atomic E-state index is 0.101. The lowest BCUT2D eigenvalue weighted by atomic mass is 10.1. The Kier molecular flexibility index (Phi) is 10.2. The van der Waals surface area contributed by atoms with Crippen LogP contribution >= 0.6 is 11.6 Å². The number of phenolic OH excluding ortho intramolecular Hbond substituents is 1. The highest BCUT2D eigenvalue weighted by Gasteiger charge is 2.05. The van der Waals surface area contributed by atoms with Crippen LogP contribution in [0.4, 0.5) is 5.69 Å². The molecule has 3 aromatic rings. The number of unbranched alkanes of at least 4 members (excludes halogenated alkanes) is 7. The number of aromatic nitrogens is 3. The minimum Gasteiger partial charge on any atom is -0.507 e. The molecular weight excluding hydrogens is 436 g/mol. The van der Waals surface area contributed by atoms with E-state index >= 15 is 0 Å². The number of hydrogen-bond acceptors (Lipinski definition) is 5. The predicted octanol–water partition coefficient (Wildman–Crippen LogP) is 7.11. The van der Waals surface area contributed by atoms with Gasteiger partial charge in [0.05, 0.1) is 11.9 Å². The second-order valence-electron chi connectivity index (χ2n) is 8.19. The number of benzene rings is 2. The number of aryl methyl sites for hydroxylation is 1. The van der Waals surface area contributed by atoms with E-state index in [1.807, 2.05) is 23.0 Å². The number of halogens is 1. The van der Waals surface area contributed by atoms with Gasteiger partial charge in [-0.3, -0.25) is 9.67 Å². The molecule has 0 aliphatic carbocycles. The quantitative estimate of drug-likeness (QED) is 0.202. The molecule has 0 radical (unpaired) electrons. The molecule has 0 unspecified atom stereocenters. The van der Waals surface area contributed by atoms with E-state index in [0.717, 1.165) is 24.3 Å². The second kappa shape index (κ2) is 13.6. The fourth-order valence-electron chi connectivity index (χ4n) is 3.47. The third-order valence-corrected chi connectivity index (χ3v) is 5.65. The van der Waals surface area contributed by atoms with Gasteiger partial charge in [0.15, 0.2) is 0 Å². The van der Waals surface area contributed by atoms with E-state index in [9.17, 15) is 5.11 Å². The van der Waals surface area contributed by atoms with Gasteiger partial charge in [-0.05, 0) is 42.8 Å². The van der Waals surface area contributed by atoms with Gasteiger partial charge in [0.1, 0.15) is 23.8 Å². The monoisotopic (exact) mass is 468 g/mol. The lowest BCUT2D eigenvalue weighted by molar-refractivity contribution is 0.299. The molecule has 1 N–H and O–H groups in total. The van der Waals surface area contributed by atoms with Crippen molar-refractivity contribution in [2.45, 2.75) is 71.4 Å². The van der Waals surface area contributed by atoms with Gasteiger partial charge < -0.3 is 9.84 Å². The highest BCUT2D eigenvalue weighted by Crippen LogP contribution is 2.24. The van der Waals surface area contributed by atoms with Gasteiger partial charge in [0, 0.05) is 29.4 Å². The molecule has 0 spiro atoms. The fourth-order valence-corrected chi connectivity index (χ4v) is 3.60. The third kappa shape index (κ3) is 8.89. The minimum atomic E-state index is 0.101. The van der Waals surface area contributed by atoms with Crippen molar-refractivity contribution in [2.24, 2.45) is 4.99 Å². The molecular formula is C26H33ClN4O2. The summed E-state index contributed by atoms with van der Waals surface area (Å²) in [6.07, 6.45) is 13.9. The van der Waals surface area contributed by atoms with Crippen LogP contribution in [0.5, 0.6) is 11.5 Å². The summed E-state index contributed by atoms with van der Waals surface area (Å²) in [5, 5.41) is 19.3. The number of ether oxygens (including phenoxy) is 1. The molecule has 1 heterocycles. The van der Waals surface area contributed by atoms with E-state index in [4.69, 9.17) is 16.3 Å². The van der Waals surface area contributed by atoms with E-state index in [-0.39, 0.29) is 5.75 Å². The third-order valence-electron chi connectivity index (χ3n) is 5.39. The first-order chi connectivity index (χ1) is 16.1. The van der Waals surface area contributed by atoms with Gasteiger partial charge in [0.2, 0.25) is 0 Å². The molecule has 0 bridgehead atoms. The van der Waals surface area contributed by atoms with Crippen LogP contribution in [-0.4, -0.2) is 26.3 Å². The zero-order valence-electron chi connectivity index (χ0n) is 19.3. The number of aromatic hydroxyl groups is 1. The van der Waals surface area contributed by atoms with Crippen LogP contribution in [0.2, 0.25) is 5.02 Å². The molecule has 2 aromatic carbocycles. The second-order valence-corrected chi connectivity index (χ2v) is 8.63. The Labute approximate surface area is 201 Å². The molecule has 176 valence electrons. The van der Waals surface area contributed by atoms with Crippen LogP contribution < -0.4 is 4.74 Å². The van der Waals surface area contributed by atoms with Gasteiger partial charge >= 0.3 is 0 Å². The smallest absolute Gasteiger partial charge is 0.134 e. The van der Waals surface area contributed by atoms with E-state index in [2.05, 4.69) is 22.2 Å². The molecule has 0 saturated carbocycles. The number of nitrogens with zero attached hydrogens (tertiary/aromatic N) is 4. The maximum Gasteiger partial charge on any atom is 0.134 e. The number of aliphatic imine (C=N–C) groups is 1. The summed E-state index contributed by atoms with van der Waals surface area (Å²) < 4.78 is 7.65. The van der Waals surface area contributed by atoms with Crippen LogP contribution in [0.1, 0.15) is 69.5 Å². The molecule has 3 rings (SSSR count). The van der Waals surface area contributed by atoms with Gasteiger partial charge in [-0.25, -0.2) is 0 Å². The summed E-state index contributed by atoms with van der Waals surface area (Å²) in [6.45, 7) is 3.43. The van der Waals surface area contributed by atoms with Crippen molar-refractivity contribution < 1.29 is 9.84 Å². The Morgan fingerprint density at radius 2 is 1.73 bits per heavy atom. The van der Waals surface area contributed by atoms with Crippen molar-refractivity contribution in [2.75, 3.05) is 0 Å².